The average molecular weight is 344 g/mol. The number of aryl methyl sites for hydroxylation is 2. The van der Waals surface area contributed by atoms with Crippen LogP contribution in [0.25, 0.3) is 0 Å². The number of nitrogens with one attached hydrogen (secondary N) is 2. The Bertz CT molecular complexity index is 695. The van der Waals surface area contributed by atoms with Crippen LogP contribution in [0.5, 0.6) is 5.75 Å². The van der Waals surface area contributed by atoms with Crippen LogP contribution in [0.4, 0.5) is 0 Å². The van der Waals surface area contributed by atoms with Crippen molar-refractivity contribution in [1.29, 1.82) is 0 Å². The maximum Gasteiger partial charge on any atom is 0.191 e. The SMILES string of the molecule is CCc1nncn1CCNC(=NC)NCCc1ccc(C)c(OC)c1. The van der Waals surface area contributed by atoms with Gasteiger partial charge in [-0.3, -0.25) is 4.99 Å². The van der Waals surface area contributed by atoms with E-state index in [2.05, 4.69) is 55.5 Å². The molecule has 0 saturated heterocycles. The van der Waals surface area contributed by atoms with Gasteiger partial charge in [0.2, 0.25) is 0 Å². The number of benzene rings is 1. The molecule has 1 aromatic heterocycles. The first-order valence-electron chi connectivity index (χ1n) is 8.62. The molecule has 2 rings (SSSR count). The van der Waals surface area contributed by atoms with Crippen LogP contribution in [0, 0.1) is 6.92 Å². The summed E-state index contributed by atoms with van der Waals surface area (Å²) in [5.74, 6) is 2.73. The van der Waals surface area contributed by atoms with E-state index in [9.17, 15) is 0 Å². The number of aliphatic imine (C=N–C) groups is 1. The number of guanidine groups is 1. The first kappa shape index (κ1) is 18.8. The zero-order chi connectivity index (χ0) is 18.1. The molecule has 2 N–H and O–H groups in total. The Morgan fingerprint density at radius 2 is 2.08 bits per heavy atom. The molecule has 2 aromatic rings. The van der Waals surface area contributed by atoms with Gasteiger partial charge in [0, 0.05) is 33.1 Å². The van der Waals surface area contributed by atoms with Gasteiger partial charge in [-0.2, -0.15) is 0 Å². The summed E-state index contributed by atoms with van der Waals surface area (Å²) in [6.45, 7) is 6.51. The Kier molecular flexibility index (Phi) is 7.25. The summed E-state index contributed by atoms with van der Waals surface area (Å²) in [6.07, 6.45) is 3.55. The monoisotopic (exact) mass is 344 g/mol. The molecule has 0 aliphatic heterocycles. The number of nitrogens with zero attached hydrogens (tertiary/aromatic N) is 4. The molecular weight excluding hydrogens is 316 g/mol. The van der Waals surface area contributed by atoms with E-state index in [4.69, 9.17) is 4.74 Å². The van der Waals surface area contributed by atoms with Crippen LogP contribution in [0.1, 0.15) is 23.9 Å². The van der Waals surface area contributed by atoms with E-state index in [1.807, 2.05) is 6.92 Å². The van der Waals surface area contributed by atoms with E-state index in [1.54, 1.807) is 20.5 Å². The third-order valence-corrected chi connectivity index (χ3v) is 4.06. The summed E-state index contributed by atoms with van der Waals surface area (Å²) < 4.78 is 7.43. The zero-order valence-electron chi connectivity index (χ0n) is 15.5. The number of hydrogen-bond donors (Lipinski definition) is 2. The lowest BCUT2D eigenvalue weighted by Crippen LogP contribution is -2.39. The lowest BCUT2D eigenvalue weighted by Gasteiger charge is -2.13. The maximum absolute atomic E-state index is 5.37. The molecule has 0 aliphatic carbocycles. The highest BCUT2D eigenvalue weighted by Crippen LogP contribution is 2.18. The second-order valence-corrected chi connectivity index (χ2v) is 5.77. The summed E-state index contributed by atoms with van der Waals surface area (Å²) in [6, 6.07) is 6.31. The van der Waals surface area contributed by atoms with Gasteiger partial charge in [0.1, 0.15) is 17.9 Å². The number of methoxy groups -OCH3 is 1. The minimum absolute atomic E-state index is 0.767. The minimum Gasteiger partial charge on any atom is -0.496 e. The van der Waals surface area contributed by atoms with Gasteiger partial charge in [-0.1, -0.05) is 19.1 Å². The van der Waals surface area contributed by atoms with Gasteiger partial charge in [0.15, 0.2) is 5.96 Å². The van der Waals surface area contributed by atoms with Crippen molar-refractivity contribution in [2.75, 3.05) is 27.2 Å². The number of hydrogen-bond acceptors (Lipinski definition) is 4. The van der Waals surface area contributed by atoms with Gasteiger partial charge in [-0.15, -0.1) is 10.2 Å². The highest BCUT2D eigenvalue weighted by Gasteiger charge is 2.03. The number of ether oxygens (including phenoxy) is 1. The second kappa shape index (κ2) is 9.66. The molecule has 7 nitrogen and oxygen atoms in total. The summed E-state index contributed by atoms with van der Waals surface area (Å²) in [5, 5.41) is 14.7. The Morgan fingerprint density at radius 3 is 2.80 bits per heavy atom. The van der Waals surface area contributed by atoms with Crippen LogP contribution < -0.4 is 15.4 Å². The van der Waals surface area contributed by atoms with Crippen molar-refractivity contribution in [2.24, 2.45) is 4.99 Å². The molecule has 0 bridgehead atoms. The van der Waals surface area contributed by atoms with Gasteiger partial charge in [0.05, 0.1) is 7.11 Å². The van der Waals surface area contributed by atoms with Crippen LogP contribution in [0.2, 0.25) is 0 Å². The molecule has 7 heteroatoms. The topological polar surface area (TPSA) is 76.4 Å². The smallest absolute Gasteiger partial charge is 0.191 e. The zero-order valence-corrected chi connectivity index (χ0v) is 15.5. The van der Waals surface area contributed by atoms with Crippen molar-refractivity contribution in [1.82, 2.24) is 25.4 Å². The number of aromatic nitrogens is 3. The van der Waals surface area contributed by atoms with Crippen molar-refractivity contribution in [2.45, 2.75) is 33.2 Å². The summed E-state index contributed by atoms with van der Waals surface area (Å²) in [5.41, 5.74) is 2.39. The van der Waals surface area contributed by atoms with E-state index >= 15 is 0 Å². The van der Waals surface area contributed by atoms with Crippen molar-refractivity contribution >= 4 is 5.96 Å². The van der Waals surface area contributed by atoms with E-state index in [0.717, 1.165) is 55.6 Å². The van der Waals surface area contributed by atoms with Gasteiger partial charge < -0.3 is 19.9 Å². The molecule has 0 amide bonds. The third-order valence-electron chi connectivity index (χ3n) is 4.06. The number of rotatable bonds is 8. The minimum atomic E-state index is 0.767. The van der Waals surface area contributed by atoms with E-state index in [-0.39, 0.29) is 0 Å². The molecule has 0 radical (unpaired) electrons. The molecule has 1 heterocycles. The molecule has 25 heavy (non-hydrogen) atoms. The van der Waals surface area contributed by atoms with Crippen molar-refractivity contribution < 1.29 is 4.74 Å². The van der Waals surface area contributed by atoms with E-state index in [1.165, 1.54) is 5.56 Å². The average Bonchev–Trinajstić information content (AvgIpc) is 3.09. The maximum atomic E-state index is 5.37. The highest BCUT2D eigenvalue weighted by atomic mass is 16.5. The largest absolute Gasteiger partial charge is 0.496 e. The molecule has 1 aromatic carbocycles. The fourth-order valence-electron chi connectivity index (χ4n) is 2.60. The van der Waals surface area contributed by atoms with Crippen LogP contribution in [-0.2, 0) is 19.4 Å². The molecule has 0 spiro atoms. The lowest BCUT2D eigenvalue weighted by atomic mass is 10.1. The standard InChI is InChI=1S/C18H28N6O/c1-5-17-23-22-13-24(17)11-10-21-18(19-3)20-9-8-15-7-6-14(2)16(12-15)25-4/h6-7,12-13H,5,8-11H2,1-4H3,(H2,19,20,21). The van der Waals surface area contributed by atoms with Crippen LogP contribution in [-0.4, -0.2) is 48.0 Å². The first-order valence-corrected chi connectivity index (χ1v) is 8.62. The van der Waals surface area contributed by atoms with Gasteiger partial charge in [0.25, 0.3) is 0 Å². The van der Waals surface area contributed by atoms with Gasteiger partial charge in [-0.25, -0.2) is 0 Å². The summed E-state index contributed by atoms with van der Waals surface area (Å²) in [4.78, 5) is 4.26. The molecule has 0 aliphatic rings. The molecule has 136 valence electrons. The Labute approximate surface area is 149 Å². The van der Waals surface area contributed by atoms with Crippen LogP contribution >= 0.6 is 0 Å². The van der Waals surface area contributed by atoms with Crippen LogP contribution in [0.3, 0.4) is 0 Å². The quantitative estimate of drug-likeness (QED) is 0.561. The van der Waals surface area contributed by atoms with Crippen molar-refractivity contribution in [3.63, 3.8) is 0 Å². The van der Waals surface area contributed by atoms with E-state index in [0.29, 0.717) is 0 Å². The summed E-state index contributed by atoms with van der Waals surface area (Å²) in [7, 11) is 3.48. The van der Waals surface area contributed by atoms with Crippen LogP contribution in [0.15, 0.2) is 29.5 Å². The highest BCUT2D eigenvalue weighted by molar-refractivity contribution is 5.79. The Hall–Kier alpha value is -2.57. The van der Waals surface area contributed by atoms with Crippen molar-refractivity contribution in [3.8, 4) is 5.75 Å². The lowest BCUT2D eigenvalue weighted by molar-refractivity contribution is 0.411. The molecular formula is C18H28N6O. The van der Waals surface area contributed by atoms with E-state index < -0.39 is 0 Å². The predicted octanol–water partition coefficient (Wildman–Crippen LogP) is 1.57. The predicted molar refractivity (Wildman–Crippen MR) is 100 cm³/mol. The molecule has 0 fully saturated rings. The first-order chi connectivity index (χ1) is 12.2. The Morgan fingerprint density at radius 1 is 1.28 bits per heavy atom. The normalized spacial score (nSPS) is 11.4. The van der Waals surface area contributed by atoms with Gasteiger partial charge >= 0.3 is 0 Å². The molecule has 0 atom stereocenters. The van der Waals surface area contributed by atoms with Gasteiger partial charge in [-0.05, 0) is 30.5 Å². The second-order valence-electron chi connectivity index (χ2n) is 5.77. The van der Waals surface area contributed by atoms with Crippen molar-refractivity contribution in [3.05, 3.63) is 41.5 Å². The summed E-state index contributed by atoms with van der Waals surface area (Å²) >= 11 is 0. The Balaban J connectivity index is 1.75. The third kappa shape index (κ3) is 5.48. The fourth-order valence-corrected chi connectivity index (χ4v) is 2.60. The molecule has 0 saturated carbocycles. The molecule has 0 unspecified atom stereocenters. The fraction of sp³-hybridized carbons (Fsp3) is 0.500.